The first-order valence-corrected chi connectivity index (χ1v) is 9.58. The van der Waals surface area contributed by atoms with Gasteiger partial charge in [-0.1, -0.05) is 42.5 Å². The lowest BCUT2D eigenvalue weighted by Crippen LogP contribution is -2.32. The van der Waals surface area contributed by atoms with Crippen molar-refractivity contribution in [3.63, 3.8) is 0 Å². The smallest absolute Gasteiger partial charge is 0.248 e. The Balaban J connectivity index is 1.56. The van der Waals surface area contributed by atoms with Crippen LogP contribution in [0.15, 0.2) is 54.6 Å². The number of fused-ring (bicyclic) bond motifs is 1. The summed E-state index contributed by atoms with van der Waals surface area (Å²) in [6.07, 6.45) is 0.604. The highest BCUT2D eigenvalue weighted by molar-refractivity contribution is 5.93. The van der Waals surface area contributed by atoms with Crippen molar-refractivity contribution in [1.29, 1.82) is 0 Å². The number of nitrogens with one attached hydrogen (secondary N) is 1. The Bertz CT molecular complexity index is 1030. The zero-order valence-electron chi connectivity index (χ0n) is 16.0. The van der Waals surface area contributed by atoms with Crippen molar-refractivity contribution < 1.29 is 9.59 Å². The number of aromatic nitrogens is 2. The number of carbonyl (C=O) groups excluding carboxylic acids is 2. The van der Waals surface area contributed by atoms with E-state index in [2.05, 4.69) is 10.2 Å². The van der Waals surface area contributed by atoms with Crippen LogP contribution in [0.1, 0.15) is 39.5 Å². The topological polar surface area (TPSA) is 118 Å². The maximum absolute atomic E-state index is 13.3. The van der Waals surface area contributed by atoms with E-state index in [9.17, 15) is 9.59 Å². The first-order chi connectivity index (χ1) is 14.1. The van der Waals surface area contributed by atoms with Gasteiger partial charge in [0.05, 0.1) is 30.4 Å². The van der Waals surface area contributed by atoms with Crippen LogP contribution in [0, 0.1) is 0 Å². The fourth-order valence-electron chi connectivity index (χ4n) is 3.83. The van der Waals surface area contributed by atoms with Crippen molar-refractivity contribution in [2.24, 2.45) is 11.5 Å². The summed E-state index contributed by atoms with van der Waals surface area (Å²) in [6, 6.07) is 16.8. The maximum atomic E-state index is 13.3. The molecule has 0 saturated carbocycles. The van der Waals surface area contributed by atoms with Crippen molar-refractivity contribution in [2.75, 3.05) is 6.54 Å². The van der Waals surface area contributed by atoms with Crippen LogP contribution in [-0.2, 0) is 17.9 Å². The standard InChI is InChI=1S/C22H23N5O2/c23-11-10-17(14-4-2-1-3-5-14)22(29)27-12-18-19(13-27)25-26-20(18)15-6-8-16(9-7-15)21(24)28/h1-9,17H,10-13,23H2,(H2,24,28)(H,25,26). The molecule has 1 aliphatic rings. The van der Waals surface area contributed by atoms with Crippen molar-refractivity contribution in [2.45, 2.75) is 25.4 Å². The van der Waals surface area contributed by atoms with Crippen molar-refractivity contribution in [3.05, 3.63) is 77.0 Å². The first-order valence-electron chi connectivity index (χ1n) is 9.58. The van der Waals surface area contributed by atoms with E-state index in [0.29, 0.717) is 31.6 Å². The number of H-pyrrole nitrogens is 1. The largest absolute Gasteiger partial charge is 0.366 e. The van der Waals surface area contributed by atoms with Crippen LogP contribution < -0.4 is 11.5 Å². The molecule has 4 rings (SSSR count). The summed E-state index contributed by atoms with van der Waals surface area (Å²) >= 11 is 0. The van der Waals surface area contributed by atoms with Crippen LogP contribution in [0.3, 0.4) is 0 Å². The number of carbonyl (C=O) groups is 2. The highest BCUT2D eigenvalue weighted by Crippen LogP contribution is 2.33. The number of hydrogen-bond acceptors (Lipinski definition) is 4. The average Bonchev–Trinajstić information content (AvgIpc) is 3.33. The van der Waals surface area contributed by atoms with Gasteiger partial charge < -0.3 is 16.4 Å². The Morgan fingerprint density at radius 2 is 1.79 bits per heavy atom. The third kappa shape index (κ3) is 3.64. The lowest BCUT2D eigenvalue weighted by molar-refractivity contribution is -0.133. The molecule has 7 heteroatoms. The second kappa shape index (κ2) is 7.89. The lowest BCUT2D eigenvalue weighted by atomic mass is 9.94. The van der Waals surface area contributed by atoms with Gasteiger partial charge in [-0.2, -0.15) is 5.10 Å². The molecule has 5 N–H and O–H groups in total. The van der Waals surface area contributed by atoms with Gasteiger partial charge in [0.15, 0.2) is 0 Å². The van der Waals surface area contributed by atoms with Gasteiger partial charge in [0.2, 0.25) is 11.8 Å². The predicted molar refractivity (Wildman–Crippen MR) is 110 cm³/mol. The van der Waals surface area contributed by atoms with E-state index in [0.717, 1.165) is 28.1 Å². The number of aromatic amines is 1. The molecule has 0 radical (unpaired) electrons. The van der Waals surface area contributed by atoms with Gasteiger partial charge >= 0.3 is 0 Å². The molecule has 0 aliphatic carbocycles. The normalized spacial score (nSPS) is 13.9. The Morgan fingerprint density at radius 1 is 1.07 bits per heavy atom. The van der Waals surface area contributed by atoms with E-state index < -0.39 is 5.91 Å². The summed E-state index contributed by atoms with van der Waals surface area (Å²) in [6.45, 7) is 1.43. The van der Waals surface area contributed by atoms with E-state index in [4.69, 9.17) is 11.5 Å². The molecular weight excluding hydrogens is 366 g/mol. The summed E-state index contributed by atoms with van der Waals surface area (Å²) in [7, 11) is 0. The van der Waals surface area contributed by atoms with E-state index in [1.54, 1.807) is 12.1 Å². The Kier molecular flexibility index (Phi) is 5.14. The van der Waals surface area contributed by atoms with Crippen LogP contribution in [0.2, 0.25) is 0 Å². The molecule has 0 spiro atoms. The van der Waals surface area contributed by atoms with Crippen molar-refractivity contribution >= 4 is 11.8 Å². The third-order valence-electron chi connectivity index (χ3n) is 5.36. The summed E-state index contributed by atoms with van der Waals surface area (Å²) in [5, 5.41) is 7.47. The second-order valence-corrected chi connectivity index (χ2v) is 7.21. The zero-order valence-corrected chi connectivity index (χ0v) is 16.0. The number of amides is 2. The minimum Gasteiger partial charge on any atom is -0.366 e. The first kappa shape index (κ1) is 18.9. The molecule has 2 aromatic carbocycles. The number of hydrogen-bond donors (Lipinski definition) is 3. The second-order valence-electron chi connectivity index (χ2n) is 7.21. The fourth-order valence-corrected chi connectivity index (χ4v) is 3.83. The van der Waals surface area contributed by atoms with E-state index in [1.807, 2.05) is 47.4 Å². The Morgan fingerprint density at radius 3 is 2.45 bits per heavy atom. The van der Waals surface area contributed by atoms with Gasteiger partial charge in [0.25, 0.3) is 0 Å². The number of nitrogens with two attached hydrogens (primary N) is 2. The van der Waals surface area contributed by atoms with Crippen LogP contribution in [0.25, 0.3) is 11.3 Å². The summed E-state index contributed by atoms with van der Waals surface area (Å²) in [5.41, 5.74) is 16.1. The summed E-state index contributed by atoms with van der Waals surface area (Å²) in [4.78, 5) is 26.4. The maximum Gasteiger partial charge on any atom is 0.248 e. The SMILES string of the molecule is NCCC(C(=O)N1Cc2[nH]nc(-c3ccc(C(N)=O)cc3)c2C1)c1ccccc1. The van der Waals surface area contributed by atoms with Crippen LogP contribution in [0.4, 0.5) is 0 Å². The van der Waals surface area contributed by atoms with Gasteiger partial charge in [-0.3, -0.25) is 14.7 Å². The van der Waals surface area contributed by atoms with Gasteiger partial charge in [0.1, 0.15) is 0 Å². The van der Waals surface area contributed by atoms with E-state index in [-0.39, 0.29) is 11.8 Å². The molecule has 0 saturated heterocycles. The Labute approximate surface area is 168 Å². The number of benzene rings is 2. The van der Waals surface area contributed by atoms with E-state index >= 15 is 0 Å². The quantitative estimate of drug-likeness (QED) is 0.598. The minimum absolute atomic E-state index is 0.0706. The molecule has 148 valence electrons. The molecule has 29 heavy (non-hydrogen) atoms. The lowest BCUT2D eigenvalue weighted by Gasteiger charge is -2.23. The van der Waals surface area contributed by atoms with Crippen LogP contribution in [-0.4, -0.2) is 33.5 Å². The molecule has 1 aromatic heterocycles. The van der Waals surface area contributed by atoms with Crippen LogP contribution >= 0.6 is 0 Å². The zero-order chi connectivity index (χ0) is 20.4. The van der Waals surface area contributed by atoms with Crippen molar-refractivity contribution in [1.82, 2.24) is 15.1 Å². The molecule has 3 aromatic rings. The molecule has 0 fully saturated rings. The van der Waals surface area contributed by atoms with Gasteiger partial charge in [0, 0.05) is 16.7 Å². The summed E-state index contributed by atoms with van der Waals surface area (Å²) < 4.78 is 0. The molecule has 2 amide bonds. The van der Waals surface area contributed by atoms with Gasteiger partial charge in [-0.15, -0.1) is 0 Å². The monoisotopic (exact) mass is 389 g/mol. The molecule has 1 unspecified atom stereocenters. The molecule has 0 bridgehead atoms. The highest BCUT2D eigenvalue weighted by Gasteiger charge is 2.32. The molecule has 7 nitrogen and oxygen atoms in total. The van der Waals surface area contributed by atoms with Gasteiger partial charge in [-0.25, -0.2) is 0 Å². The average molecular weight is 389 g/mol. The van der Waals surface area contributed by atoms with Crippen LogP contribution in [0.5, 0.6) is 0 Å². The van der Waals surface area contributed by atoms with Crippen molar-refractivity contribution in [3.8, 4) is 11.3 Å². The molecule has 1 aliphatic heterocycles. The minimum atomic E-state index is -0.465. The number of nitrogens with zero attached hydrogens (tertiary/aromatic N) is 2. The van der Waals surface area contributed by atoms with E-state index in [1.165, 1.54) is 0 Å². The summed E-state index contributed by atoms with van der Waals surface area (Å²) in [5.74, 6) is -0.648. The molecular formula is C22H23N5O2. The molecule has 2 heterocycles. The number of primary amides is 1. The number of rotatable bonds is 6. The predicted octanol–water partition coefficient (Wildman–Crippen LogP) is 2.15. The fraction of sp³-hybridized carbons (Fsp3) is 0.227. The highest BCUT2D eigenvalue weighted by atomic mass is 16.2. The Hall–Kier alpha value is -3.45. The molecule has 1 atom stereocenters. The third-order valence-corrected chi connectivity index (χ3v) is 5.36. The van der Waals surface area contributed by atoms with Gasteiger partial charge in [-0.05, 0) is 30.7 Å².